The van der Waals surface area contributed by atoms with Crippen molar-refractivity contribution in [3.8, 4) is 0 Å². The van der Waals surface area contributed by atoms with Crippen LogP contribution in [0, 0.1) is 0 Å². The lowest BCUT2D eigenvalue weighted by Crippen LogP contribution is -2.46. The lowest BCUT2D eigenvalue weighted by Gasteiger charge is -2.36. The molecular weight excluding hydrogens is 280 g/mol. The number of anilines is 3. The third-order valence-corrected chi connectivity index (χ3v) is 4.42. The number of aromatic nitrogens is 1. The average molecular weight is 295 g/mol. The highest BCUT2D eigenvalue weighted by atomic mass is 35.5. The highest BCUT2D eigenvalue weighted by Gasteiger charge is 2.20. The fraction of sp³-hybridized carbons (Fsp3) is 0.308. The summed E-state index contributed by atoms with van der Waals surface area (Å²) in [4.78, 5) is 8.96. The van der Waals surface area contributed by atoms with Gasteiger partial charge in [-0.05, 0) is 18.2 Å². The maximum atomic E-state index is 6.25. The second kappa shape index (κ2) is 5.27. The number of piperazine rings is 1. The number of halogens is 1. The molecule has 0 aliphatic carbocycles. The largest absolute Gasteiger partial charge is 0.399 e. The van der Waals surface area contributed by atoms with Crippen LogP contribution in [0.3, 0.4) is 0 Å². The number of rotatable bonds is 2. The van der Waals surface area contributed by atoms with Gasteiger partial charge in [0.15, 0.2) is 5.13 Å². The van der Waals surface area contributed by atoms with E-state index in [-0.39, 0.29) is 0 Å². The van der Waals surface area contributed by atoms with Gasteiger partial charge in [0, 0.05) is 43.4 Å². The number of nitrogens with zero attached hydrogens (tertiary/aromatic N) is 3. The van der Waals surface area contributed by atoms with Crippen molar-refractivity contribution < 1.29 is 0 Å². The van der Waals surface area contributed by atoms with Crippen LogP contribution in [0.25, 0.3) is 0 Å². The molecule has 2 heterocycles. The lowest BCUT2D eigenvalue weighted by molar-refractivity contribution is 0.652. The van der Waals surface area contributed by atoms with Gasteiger partial charge in [-0.15, -0.1) is 11.3 Å². The second-order valence-corrected chi connectivity index (χ2v) is 5.78. The maximum absolute atomic E-state index is 6.25. The minimum Gasteiger partial charge on any atom is -0.399 e. The molecule has 0 spiro atoms. The van der Waals surface area contributed by atoms with E-state index < -0.39 is 0 Å². The Balaban J connectivity index is 1.70. The predicted molar refractivity (Wildman–Crippen MR) is 82.4 cm³/mol. The van der Waals surface area contributed by atoms with Crippen LogP contribution in [0.5, 0.6) is 0 Å². The summed E-state index contributed by atoms with van der Waals surface area (Å²) in [6, 6.07) is 5.70. The van der Waals surface area contributed by atoms with Gasteiger partial charge >= 0.3 is 0 Å². The van der Waals surface area contributed by atoms with Crippen LogP contribution in [0.15, 0.2) is 29.8 Å². The van der Waals surface area contributed by atoms with E-state index in [4.69, 9.17) is 17.3 Å². The zero-order valence-electron chi connectivity index (χ0n) is 10.4. The quantitative estimate of drug-likeness (QED) is 0.865. The summed E-state index contributed by atoms with van der Waals surface area (Å²) >= 11 is 7.94. The zero-order valence-corrected chi connectivity index (χ0v) is 12.0. The van der Waals surface area contributed by atoms with Crippen molar-refractivity contribution in [2.75, 3.05) is 41.7 Å². The summed E-state index contributed by atoms with van der Waals surface area (Å²) in [6.45, 7) is 3.83. The lowest BCUT2D eigenvalue weighted by atomic mass is 10.2. The van der Waals surface area contributed by atoms with E-state index in [0.29, 0.717) is 5.69 Å². The molecule has 1 aliphatic rings. The Morgan fingerprint density at radius 1 is 1.16 bits per heavy atom. The molecule has 0 unspecified atom stereocenters. The molecule has 1 saturated heterocycles. The minimum atomic E-state index is 0.704. The summed E-state index contributed by atoms with van der Waals surface area (Å²) < 4.78 is 0. The summed E-state index contributed by atoms with van der Waals surface area (Å²) in [7, 11) is 0. The third kappa shape index (κ3) is 2.62. The number of hydrogen-bond donors (Lipinski definition) is 1. The first-order chi connectivity index (χ1) is 9.24. The highest BCUT2D eigenvalue weighted by Crippen LogP contribution is 2.29. The molecule has 2 N–H and O–H groups in total. The van der Waals surface area contributed by atoms with Crippen molar-refractivity contribution in [1.82, 2.24) is 4.98 Å². The summed E-state index contributed by atoms with van der Waals surface area (Å²) in [6.07, 6.45) is 1.85. The number of nitrogens with two attached hydrogens (primary N) is 1. The Kier molecular flexibility index (Phi) is 3.48. The molecule has 1 fully saturated rings. The van der Waals surface area contributed by atoms with Crippen molar-refractivity contribution in [3.05, 3.63) is 34.8 Å². The molecule has 4 nitrogen and oxygen atoms in total. The van der Waals surface area contributed by atoms with E-state index in [2.05, 4.69) is 14.8 Å². The van der Waals surface area contributed by atoms with Crippen molar-refractivity contribution in [3.63, 3.8) is 0 Å². The second-order valence-electron chi connectivity index (χ2n) is 4.50. The van der Waals surface area contributed by atoms with Crippen LogP contribution < -0.4 is 15.5 Å². The van der Waals surface area contributed by atoms with Crippen molar-refractivity contribution in [2.24, 2.45) is 0 Å². The first kappa shape index (κ1) is 12.6. The van der Waals surface area contributed by atoms with E-state index >= 15 is 0 Å². The van der Waals surface area contributed by atoms with Crippen LogP contribution in [0.4, 0.5) is 16.5 Å². The topological polar surface area (TPSA) is 45.4 Å². The average Bonchev–Trinajstić information content (AvgIpc) is 2.93. The van der Waals surface area contributed by atoms with Gasteiger partial charge in [-0.25, -0.2) is 4.98 Å². The molecule has 0 bridgehead atoms. The van der Waals surface area contributed by atoms with Crippen LogP contribution in [-0.4, -0.2) is 31.2 Å². The zero-order chi connectivity index (χ0) is 13.2. The molecule has 100 valence electrons. The molecule has 0 radical (unpaired) electrons. The van der Waals surface area contributed by atoms with Crippen molar-refractivity contribution >= 4 is 39.4 Å². The van der Waals surface area contributed by atoms with Crippen LogP contribution in [-0.2, 0) is 0 Å². The van der Waals surface area contributed by atoms with Crippen LogP contribution in [0.1, 0.15) is 0 Å². The summed E-state index contributed by atoms with van der Waals surface area (Å²) in [5.41, 5.74) is 7.49. The van der Waals surface area contributed by atoms with Crippen molar-refractivity contribution in [1.29, 1.82) is 0 Å². The first-order valence-corrected chi connectivity index (χ1v) is 7.44. The number of nitrogen functional groups attached to an aromatic ring is 1. The fourth-order valence-electron chi connectivity index (χ4n) is 2.29. The number of thiazole rings is 1. The van der Waals surface area contributed by atoms with Crippen LogP contribution >= 0.6 is 22.9 Å². The third-order valence-electron chi connectivity index (χ3n) is 3.28. The first-order valence-electron chi connectivity index (χ1n) is 6.18. The van der Waals surface area contributed by atoms with Crippen molar-refractivity contribution in [2.45, 2.75) is 0 Å². The Bertz CT molecular complexity index is 550. The standard InChI is InChI=1S/C13H15ClN4S/c14-11-9-10(15)1-2-12(11)17-4-6-18(7-5-17)13-16-3-8-19-13/h1-3,8-9H,4-7,15H2. The highest BCUT2D eigenvalue weighted by molar-refractivity contribution is 7.13. The monoisotopic (exact) mass is 294 g/mol. The maximum Gasteiger partial charge on any atom is 0.185 e. The summed E-state index contributed by atoms with van der Waals surface area (Å²) in [5, 5.41) is 3.84. The normalized spacial score (nSPS) is 15.8. The molecule has 2 aromatic rings. The van der Waals surface area contributed by atoms with E-state index in [0.717, 1.165) is 42.0 Å². The van der Waals surface area contributed by atoms with Gasteiger partial charge in [0.2, 0.25) is 0 Å². The molecule has 1 aromatic heterocycles. The Labute approximate surface area is 121 Å². The smallest absolute Gasteiger partial charge is 0.185 e. The number of hydrogen-bond acceptors (Lipinski definition) is 5. The molecule has 0 atom stereocenters. The molecule has 0 saturated carbocycles. The Morgan fingerprint density at radius 2 is 1.89 bits per heavy atom. The van der Waals surface area contributed by atoms with Gasteiger partial charge < -0.3 is 15.5 Å². The molecule has 1 aromatic carbocycles. The number of benzene rings is 1. The molecule has 1 aliphatic heterocycles. The Morgan fingerprint density at radius 3 is 2.53 bits per heavy atom. The molecule has 3 rings (SSSR count). The molecular formula is C13H15ClN4S. The summed E-state index contributed by atoms with van der Waals surface area (Å²) in [5.74, 6) is 0. The van der Waals surface area contributed by atoms with E-state index in [1.807, 2.05) is 29.8 Å². The minimum absolute atomic E-state index is 0.704. The van der Waals surface area contributed by atoms with Gasteiger partial charge in [0.05, 0.1) is 10.7 Å². The molecule has 0 amide bonds. The van der Waals surface area contributed by atoms with E-state index in [1.165, 1.54) is 0 Å². The SMILES string of the molecule is Nc1ccc(N2CCN(c3nccs3)CC2)c(Cl)c1. The van der Waals surface area contributed by atoms with Gasteiger partial charge in [0.1, 0.15) is 0 Å². The van der Waals surface area contributed by atoms with Gasteiger partial charge in [-0.1, -0.05) is 11.6 Å². The van der Waals surface area contributed by atoms with Gasteiger partial charge in [-0.3, -0.25) is 0 Å². The van der Waals surface area contributed by atoms with Gasteiger partial charge in [-0.2, -0.15) is 0 Å². The molecule has 19 heavy (non-hydrogen) atoms. The van der Waals surface area contributed by atoms with E-state index in [9.17, 15) is 0 Å². The molecule has 6 heteroatoms. The van der Waals surface area contributed by atoms with Crippen LogP contribution in [0.2, 0.25) is 5.02 Å². The van der Waals surface area contributed by atoms with Gasteiger partial charge in [0.25, 0.3) is 0 Å². The fourth-order valence-corrected chi connectivity index (χ4v) is 3.30. The Hall–Kier alpha value is -1.46. The van der Waals surface area contributed by atoms with E-state index in [1.54, 1.807) is 11.3 Å². The predicted octanol–water partition coefficient (Wildman–Crippen LogP) is 2.71.